The molecule has 3 aromatic carbocycles. The molecule has 0 aliphatic carbocycles. The molecule has 0 aliphatic rings. The van der Waals surface area contributed by atoms with Gasteiger partial charge in [0.25, 0.3) is 15.9 Å². The van der Waals surface area contributed by atoms with Crippen LogP contribution in [0.2, 0.25) is 0 Å². The van der Waals surface area contributed by atoms with E-state index in [0.717, 1.165) is 15.6 Å². The monoisotopic (exact) mass is 502 g/mol. The van der Waals surface area contributed by atoms with Gasteiger partial charge < -0.3 is 10.1 Å². The van der Waals surface area contributed by atoms with Crippen molar-refractivity contribution in [1.29, 1.82) is 0 Å². The molecule has 0 saturated carbocycles. The van der Waals surface area contributed by atoms with Gasteiger partial charge in [-0.15, -0.1) is 0 Å². The minimum Gasteiger partial charge on any atom is -0.484 e. The molecular formula is C23H23BrN2O4S. The topological polar surface area (TPSA) is 84.5 Å². The maximum Gasteiger partial charge on any atom is 0.261 e. The molecule has 0 saturated heterocycles. The van der Waals surface area contributed by atoms with E-state index >= 15 is 0 Å². The van der Waals surface area contributed by atoms with Crippen molar-refractivity contribution in [1.82, 2.24) is 5.32 Å². The number of amides is 1. The van der Waals surface area contributed by atoms with Crippen molar-refractivity contribution in [2.24, 2.45) is 0 Å². The zero-order chi connectivity index (χ0) is 22.4. The van der Waals surface area contributed by atoms with Crippen molar-refractivity contribution in [2.45, 2.75) is 24.8 Å². The Morgan fingerprint density at radius 2 is 1.65 bits per heavy atom. The largest absolute Gasteiger partial charge is 0.484 e. The zero-order valence-corrected chi connectivity index (χ0v) is 19.5. The number of aryl methyl sites for hydroxylation is 1. The fourth-order valence-corrected chi connectivity index (χ4v) is 4.27. The number of carbonyl (C=O) groups excluding carboxylic acids is 1. The lowest BCUT2D eigenvalue weighted by molar-refractivity contribution is -0.123. The summed E-state index contributed by atoms with van der Waals surface area (Å²) in [7, 11) is -3.72. The number of carbonyl (C=O) groups is 1. The van der Waals surface area contributed by atoms with E-state index in [9.17, 15) is 13.2 Å². The van der Waals surface area contributed by atoms with Crippen LogP contribution in [0.4, 0.5) is 5.69 Å². The van der Waals surface area contributed by atoms with E-state index in [1.165, 1.54) is 24.3 Å². The molecule has 1 atom stereocenters. The standard InChI is InChI=1S/C23H23BrN2O4S/c1-16-5-3-4-6-22(16)26-31(28,29)21-13-11-20(12-14-21)30-15-23(27)25-17(2)18-7-9-19(24)10-8-18/h3-14,17,26H,15H2,1-2H3,(H,25,27). The maximum atomic E-state index is 12.6. The molecule has 0 spiro atoms. The normalized spacial score (nSPS) is 12.1. The average molecular weight is 503 g/mol. The Hall–Kier alpha value is -2.84. The summed E-state index contributed by atoms with van der Waals surface area (Å²) in [4.78, 5) is 12.3. The molecule has 1 unspecified atom stereocenters. The predicted octanol–water partition coefficient (Wildman–Crippen LogP) is 4.81. The van der Waals surface area contributed by atoms with Gasteiger partial charge in [0, 0.05) is 4.47 Å². The van der Waals surface area contributed by atoms with Gasteiger partial charge in [-0.25, -0.2) is 8.42 Å². The van der Waals surface area contributed by atoms with Gasteiger partial charge >= 0.3 is 0 Å². The molecule has 3 rings (SSSR count). The Morgan fingerprint density at radius 1 is 1.00 bits per heavy atom. The highest BCUT2D eigenvalue weighted by Crippen LogP contribution is 2.21. The average Bonchev–Trinajstić information content (AvgIpc) is 2.74. The SMILES string of the molecule is Cc1ccccc1NS(=O)(=O)c1ccc(OCC(=O)NC(C)c2ccc(Br)cc2)cc1. The van der Waals surface area contributed by atoms with Crippen molar-refractivity contribution in [3.63, 3.8) is 0 Å². The van der Waals surface area contributed by atoms with Crippen molar-refractivity contribution in [3.05, 3.63) is 88.4 Å². The number of sulfonamides is 1. The third-order valence-corrected chi connectivity index (χ3v) is 6.55. The highest BCUT2D eigenvalue weighted by atomic mass is 79.9. The molecule has 6 nitrogen and oxygen atoms in total. The van der Waals surface area contributed by atoms with Crippen molar-refractivity contribution < 1.29 is 17.9 Å². The quantitative estimate of drug-likeness (QED) is 0.462. The Morgan fingerprint density at radius 3 is 2.29 bits per heavy atom. The van der Waals surface area contributed by atoms with E-state index in [1.807, 2.05) is 50.2 Å². The van der Waals surface area contributed by atoms with Gasteiger partial charge in [0.05, 0.1) is 16.6 Å². The summed E-state index contributed by atoms with van der Waals surface area (Å²) in [5.74, 6) is 0.134. The van der Waals surface area contributed by atoms with Crippen LogP contribution in [-0.2, 0) is 14.8 Å². The van der Waals surface area contributed by atoms with E-state index in [4.69, 9.17) is 4.74 Å². The summed E-state index contributed by atoms with van der Waals surface area (Å²) >= 11 is 3.38. The van der Waals surface area contributed by atoms with Crippen molar-refractivity contribution >= 4 is 37.5 Å². The first-order valence-electron chi connectivity index (χ1n) is 9.61. The maximum absolute atomic E-state index is 12.6. The number of anilines is 1. The van der Waals surface area contributed by atoms with Gasteiger partial charge in [0.15, 0.2) is 6.61 Å². The van der Waals surface area contributed by atoms with Crippen LogP contribution >= 0.6 is 15.9 Å². The van der Waals surface area contributed by atoms with Crippen LogP contribution in [0, 0.1) is 6.92 Å². The van der Waals surface area contributed by atoms with Crippen LogP contribution in [0.25, 0.3) is 0 Å². The van der Waals surface area contributed by atoms with E-state index in [1.54, 1.807) is 12.1 Å². The summed E-state index contributed by atoms with van der Waals surface area (Å²) in [6, 6.07) is 20.6. The van der Waals surface area contributed by atoms with Crippen LogP contribution in [0.5, 0.6) is 5.75 Å². The second kappa shape index (κ2) is 9.98. The van der Waals surface area contributed by atoms with Gasteiger partial charge in [0.2, 0.25) is 0 Å². The Bertz CT molecular complexity index is 1150. The molecule has 0 heterocycles. The van der Waals surface area contributed by atoms with Crippen LogP contribution in [0.1, 0.15) is 24.1 Å². The molecule has 0 aliphatic heterocycles. The number of ether oxygens (including phenoxy) is 1. The number of hydrogen-bond acceptors (Lipinski definition) is 4. The number of nitrogens with one attached hydrogen (secondary N) is 2. The molecular weight excluding hydrogens is 480 g/mol. The van der Waals surface area contributed by atoms with Gasteiger partial charge in [-0.05, 0) is 67.4 Å². The first kappa shape index (κ1) is 22.8. The summed E-state index contributed by atoms with van der Waals surface area (Å²) in [6.07, 6.45) is 0. The number of benzene rings is 3. The minimum absolute atomic E-state index is 0.108. The Kier molecular flexibility index (Phi) is 7.35. The molecule has 2 N–H and O–H groups in total. The van der Waals surface area contributed by atoms with Crippen molar-refractivity contribution in [2.75, 3.05) is 11.3 Å². The third-order valence-electron chi connectivity index (χ3n) is 4.64. The molecule has 31 heavy (non-hydrogen) atoms. The Labute approximate surface area is 190 Å². The van der Waals surface area contributed by atoms with Gasteiger partial charge in [-0.3, -0.25) is 9.52 Å². The summed E-state index contributed by atoms with van der Waals surface area (Å²) in [5, 5.41) is 2.87. The smallest absolute Gasteiger partial charge is 0.261 e. The highest BCUT2D eigenvalue weighted by molar-refractivity contribution is 9.10. The number of para-hydroxylation sites is 1. The number of hydrogen-bond donors (Lipinski definition) is 2. The minimum atomic E-state index is -3.72. The van der Waals surface area contributed by atoms with Crippen LogP contribution in [0.15, 0.2) is 82.2 Å². The van der Waals surface area contributed by atoms with Gasteiger partial charge in [-0.2, -0.15) is 0 Å². The second-order valence-corrected chi connectivity index (χ2v) is 9.62. The molecule has 162 valence electrons. The van der Waals surface area contributed by atoms with E-state index < -0.39 is 10.0 Å². The summed E-state index contributed by atoms with van der Waals surface area (Å²) in [6.45, 7) is 3.55. The van der Waals surface area contributed by atoms with E-state index in [-0.39, 0.29) is 23.5 Å². The molecule has 1 amide bonds. The van der Waals surface area contributed by atoms with E-state index in [0.29, 0.717) is 11.4 Å². The van der Waals surface area contributed by atoms with Crippen LogP contribution in [-0.4, -0.2) is 20.9 Å². The summed E-state index contributed by atoms with van der Waals surface area (Å²) in [5.41, 5.74) is 2.33. The molecule has 0 aromatic heterocycles. The molecule has 3 aromatic rings. The van der Waals surface area contributed by atoms with Crippen LogP contribution < -0.4 is 14.8 Å². The zero-order valence-electron chi connectivity index (χ0n) is 17.1. The lowest BCUT2D eigenvalue weighted by Crippen LogP contribution is -2.31. The third kappa shape index (κ3) is 6.32. The number of rotatable bonds is 8. The second-order valence-electron chi connectivity index (χ2n) is 7.02. The fourth-order valence-electron chi connectivity index (χ4n) is 2.87. The van der Waals surface area contributed by atoms with Crippen LogP contribution in [0.3, 0.4) is 0 Å². The molecule has 0 bridgehead atoms. The molecule has 8 heteroatoms. The van der Waals surface area contributed by atoms with Crippen molar-refractivity contribution in [3.8, 4) is 5.75 Å². The first-order valence-corrected chi connectivity index (χ1v) is 11.9. The summed E-state index contributed by atoms with van der Waals surface area (Å²) < 4.78 is 34.2. The first-order chi connectivity index (χ1) is 14.7. The lowest BCUT2D eigenvalue weighted by atomic mass is 10.1. The molecule has 0 radical (unpaired) electrons. The lowest BCUT2D eigenvalue weighted by Gasteiger charge is -2.15. The predicted molar refractivity (Wildman–Crippen MR) is 125 cm³/mol. The van der Waals surface area contributed by atoms with Gasteiger partial charge in [-0.1, -0.05) is 46.3 Å². The molecule has 0 fully saturated rings. The number of halogens is 1. The fraction of sp³-hybridized carbons (Fsp3) is 0.174. The highest BCUT2D eigenvalue weighted by Gasteiger charge is 2.15. The van der Waals surface area contributed by atoms with E-state index in [2.05, 4.69) is 26.0 Å². The van der Waals surface area contributed by atoms with Gasteiger partial charge in [0.1, 0.15) is 5.75 Å². The Balaban J connectivity index is 1.56.